The fourth-order valence-electron chi connectivity index (χ4n) is 1.38. The third-order valence-corrected chi connectivity index (χ3v) is 4.21. The van der Waals surface area contributed by atoms with E-state index in [1.54, 1.807) is 0 Å². The Bertz CT molecular complexity index is 122. The van der Waals surface area contributed by atoms with Crippen molar-refractivity contribution in [3.8, 4) is 0 Å². The highest BCUT2D eigenvalue weighted by molar-refractivity contribution is 14.1. The highest BCUT2D eigenvalue weighted by atomic mass is 127. The zero-order valence-corrected chi connectivity index (χ0v) is 9.01. The quantitative estimate of drug-likeness (QED) is 0.477. The molecule has 1 nitrogen and oxygen atoms in total. The van der Waals surface area contributed by atoms with Crippen LogP contribution in [0.15, 0.2) is 0 Å². The summed E-state index contributed by atoms with van der Waals surface area (Å²) in [5.74, 6) is 0. The molecule has 10 heavy (non-hydrogen) atoms. The summed E-state index contributed by atoms with van der Waals surface area (Å²) >= 11 is 2.48. The van der Waals surface area contributed by atoms with Crippen LogP contribution in [0.4, 0.5) is 0 Å². The molecule has 0 N–H and O–H groups in total. The van der Waals surface area contributed by atoms with Gasteiger partial charge >= 0.3 is 0 Å². The van der Waals surface area contributed by atoms with Crippen LogP contribution in [0, 0.1) is 0 Å². The maximum atomic E-state index is 5.78. The monoisotopic (exact) mass is 254 g/mol. The largest absolute Gasteiger partial charge is 0.372 e. The second-order valence-corrected chi connectivity index (χ2v) is 5.08. The molecule has 0 radical (unpaired) electrons. The highest BCUT2D eigenvalue weighted by Gasteiger charge is 2.33. The highest BCUT2D eigenvalue weighted by Crippen LogP contribution is 2.33. The minimum Gasteiger partial charge on any atom is -0.372 e. The van der Waals surface area contributed by atoms with Gasteiger partial charge in [-0.3, -0.25) is 0 Å². The molecule has 1 fully saturated rings. The first-order valence-electron chi connectivity index (χ1n) is 3.84. The molecule has 0 aliphatic carbocycles. The van der Waals surface area contributed by atoms with Crippen LogP contribution in [-0.2, 0) is 4.74 Å². The predicted octanol–water partition coefficient (Wildman–Crippen LogP) is 2.77. The second-order valence-electron chi connectivity index (χ2n) is 3.58. The Hall–Kier alpha value is 0.690. The number of rotatable bonds is 0. The number of hydrogen-bond acceptors (Lipinski definition) is 1. The topological polar surface area (TPSA) is 9.23 Å². The minimum atomic E-state index is 0.0955. The van der Waals surface area contributed by atoms with Crippen LogP contribution in [0.25, 0.3) is 0 Å². The van der Waals surface area contributed by atoms with Gasteiger partial charge in [-0.05, 0) is 33.6 Å². The molecule has 2 heteroatoms. The lowest BCUT2D eigenvalue weighted by atomic mass is 9.96. The van der Waals surface area contributed by atoms with Crippen LogP contribution in [0.1, 0.15) is 33.6 Å². The van der Waals surface area contributed by atoms with Crippen LogP contribution in [0.5, 0.6) is 0 Å². The molecule has 60 valence electrons. The fraction of sp³-hybridized carbons (Fsp3) is 1.00. The Morgan fingerprint density at radius 3 is 2.40 bits per heavy atom. The van der Waals surface area contributed by atoms with E-state index >= 15 is 0 Å². The molecule has 2 unspecified atom stereocenters. The molecule has 0 aromatic carbocycles. The van der Waals surface area contributed by atoms with E-state index in [9.17, 15) is 0 Å². The molecule has 1 aliphatic rings. The van der Waals surface area contributed by atoms with Gasteiger partial charge in [-0.2, -0.15) is 0 Å². The molecule has 0 spiro atoms. The molecule has 2 atom stereocenters. The van der Waals surface area contributed by atoms with Crippen LogP contribution in [0.3, 0.4) is 0 Å². The van der Waals surface area contributed by atoms with Gasteiger partial charge < -0.3 is 4.74 Å². The Kier molecular flexibility index (Phi) is 2.61. The molecular formula is C8H15IO. The Balaban J connectivity index is 2.55. The van der Waals surface area contributed by atoms with Crippen LogP contribution in [0.2, 0.25) is 0 Å². The van der Waals surface area contributed by atoms with Crippen LogP contribution < -0.4 is 0 Å². The zero-order chi connectivity index (χ0) is 7.78. The van der Waals surface area contributed by atoms with E-state index in [0.717, 1.165) is 0 Å². The predicted molar refractivity (Wildman–Crippen MR) is 51.7 cm³/mol. The molecule has 1 heterocycles. The summed E-state index contributed by atoms with van der Waals surface area (Å²) in [6.45, 7) is 6.52. The summed E-state index contributed by atoms with van der Waals surface area (Å²) in [5, 5.41) is 0. The lowest BCUT2D eigenvalue weighted by Crippen LogP contribution is -2.42. The van der Waals surface area contributed by atoms with Gasteiger partial charge in [0.2, 0.25) is 0 Å². The third-order valence-electron chi connectivity index (χ3n) is 2.09. The van der Waals surface area contributed by atoms with E-state index in [2.05, 4.69) is 43.4 Å². The Labute approximate surface area is 76.7 Å². The van der Waals surface area contributed by atoms with E-state index in [4.69, 9.17) is 4.74 Å². The average Bonchev–Trinajstić information content (AvgIpc) is 1.78. The first kappa shape index (κ1) is 8.78. The van der Waals surface area contributed by atoms with E-state index < -0.39 is 0 Å². The number of halogens is 1. The summed E-state index contributed by atoms with van der Waals surface area (Å²) in [4.78, 5) is 0. The maximum Gasteiger partial charge on any atom is 0.0747 e. The summed E-state index contributed by atoms with van der Waals surface area (Å²) in [5.41, 5.74) is 0.0955. The van der Waals surface area contributed by atoms with Crippen molar-refractivity contribution in [1.29, 1.82) is 0 Å². The zero-order valence-electron chi connectivity index (χ0n) is 6.86. The van der Waals surface area contributed by atoms with E-state index in [1.165, 1.54) is 12.8 Å². The van der Waals surface area contributed by atoms with Crippen molar-refractivity contribution in [2.45, 2.75) is 49.2 Å². The van der Waals surface area contributed by atoms with Gasteiger partial charge in [0.1, 0.15) is 0 Å². The molecule has 1 rings (SSSR count). The molecule has 0 saturated carbocycles. The molecule has 1 aliphatic heterocycles. The molecular weight excluding hydrogens is 239 g/mol. The van der Waals surface area contributed by atoms with Crippen molar-refractivity contribution in [2.24, 2.45) is 0 Å². The van der Waals surface area contributed by atoms with Gasteiger partial charge in [0.05, 0.1) is 11.7 Å². The summed E-state index contributed by atoms with van der Waals surface area (Å²) in [7, 11) is 0. The van der Waals surface area contributed by atoms with Crippen molar-refractivity contribution in [3.63, 3.8) is 0 Å². The van der Waals surface area contributed by atoms with Crippen LogP contribution >= 0.6 is 22.6 Å². The van der Waals surface area contributed by atoms with Gasteiger partial charge in [0.25, 0.3) is 0 Å². The van der Waals surface area contributed by atoms with Crippen LogP contribution in [-0.4, -0.2) is 15.6 Å². The van der Waals surface area contributed by atoms with Gasteiger partial charge in [-0.15, -0.1) is 0 Å². The smallest absolute Gasteiger partial charge is 0.0747 e. The van der Waals surface area contributed by atoms with E-state index in [1.807, 2.05) is 0 Å². The molecule has 0 bridgehead atoms. The molecule has 1 saturated heterocycles. The standard InChI is InChI=1S/C8H15IO/c1-6-4-5-7(9)8(2,3)10-6/h6-7H,4-5H2,1-3H3. The number of hydrogen-bond donors (Lipinski definition) is 0. The van der Waals surface area contributed by atoms with Crippen molar-refractivity contribution in [2.75, 3.05) is 0 Å². The normalized spacial score (nSPS) is 39.6. The minimum absolute atomic E-state index is 0.0955. The Morgan fingerprint density at radius 2 is 2.00 bits per heavy atom. The SMILES string of the molecule is CC1CCC(I)C(C)(C)O1. The number of alkyl halides is 1. The second kappa shape index (κ2) is 2.97. The van der Waals surface area contributed by atoms with Crippen molar-refractivity contribution >= 4 is 22.6 Å². The summed E-state index contributed by atoms with van der Waals surface area (Å²) in [6.07, 6.45) is 2.98. The van der Waals surface area contributed by atoms with Gasteiger partial charge in [0.15, 0.2) is 0 Å². The Morgan fingerprint density at radius 1 is 1.40 bits per heavy atom. The first-order valence-corrected chi connectivity index (χ1v) is 5.09. The molecule has 0 aromatic heterocycles. The first-order chi connectivity index (χ1) is 4.52. The summed E-state index contributed by atoms with van der Waals surface area (Å²) in [6, 6.07) is 0. The van der Waals surface area contributed by atoms with Crippen molar-refractivity contribution in [1.82, 2.24) is 0 Å². The molecule has 0 amide bonds. The third kappa shape index (κ3) is 1.84. The van der Waals surface area contributed by atoms with Gasteiger partial charge in [0, 0.05) is 3.92 Å². The van der Waals surface area contributed by atoms with E-state index in [0.29, 0.717) is 10.0 Å². The maximum absolute atomic E-state index is 5.78. The fourth-order valence-corrected chi connectivity index (χ4v) is 1.89. The van der Waals surface area contributed by atoms with Crippen molar-refractivity contribution in [3.05, 3.63) is 0 Å². The van der Waals surface area contributed by atoms with Gasteiger partial charge in [-0.1, -0.05) is 22.6 Å². The van der Waals surface area contributed by atoms with E-state index in [-0.39, 0.29) is 5.60 Å². The lowest BCUT2D eigenvalue weighted by Gasteiger charge is -2.38. The lowest BCUT2D eigenvalue weighted by molar-refractivity contribution is -0.0897. The van der Waals surface area contributed by atoms with Crippen molar-refractivity contribution < 1.29 is 4.74 Å². The number of ether oxygens (including phenoxy) is 1. The molecule has 0 aromatic rings. The van der Waals surface area contributed by atoms with Gasteiger partial charge in [-0.25, -0.2) is 0 Å². The summed E-state index contributed by atoms with van der Waals surface area (Å²) < 4.78 is 6.46. The average molecular weight is 254 g/mol.